The Hall–Kier alpha value is -3.35. The van der Waals surface area contributed by atoms with Crippen LogP contribution in [0.2, 0.25) is 0 Å². The fourth-order valence-corrected chi connectivity index (χ4v) is 4.21. The number of amides is 1. The highest BCUT2D eigenvalue weighted by molar-refractivity contribution is 6.06. The molecule has 0 aromatic heterocycles. The van der Waals surface area contributed by atoms with Crippen molar-refractivity contribution in [1.29, 1.82) is 0 Å². The van der Waals surface area contributed by atoms with Gasteiger partial charge < -0.3 is 23.8 Å². The molecule has 0 atom stereocenters. The number of benzene rings is 3. The molecule has 32 heavy (non-hydrogen) atoms. The van der Waals surface area contributed by atoms with Crippen molar-refractivity contribution in [2.24, 2.45) is 0 Å². The first-order valence-electron chi connectivity index (χ1n) is 10.7. The van der Waals surface area contributed by atoms with Gasteiger partial charge in [-0.25, -0.2) is 0 Å². The predicted octanol–water partition coefficient (Wildman–Crippen LogP) is 4.41. The summed E-state index contributed by atoms with van der Waals surface area (Å²) in [6.07, 6.45) is 0.777. The lowest BCUT2D eigenvalue weighted by molar-refractivity contribution is -0.256. The minimum absolute atomic E-state index is 0.193. The zero-order valence-electron chi connectivity index (χ0n) is 18.0. The molecule has 0 aliphatic carbocycles. The van der Waals surface area contributed by atoms with Crippen molar-refractivity contribution in [2.45, 2.75) is 25.4 Å². The average Bonchev–Trinajstić information content (AvgIpc) is 3.07. The summed E-state index contributed by atoms with van der Waals surface area (Å²) in [6, 6.07) is 23.4. The normalized spacial score (nSPS) is 16.8. The van der Waals surface area contributed by atoms with Gasteiger partial charge in [0.1, 0.15) is 6.61 Å². The zero-order valence-corrected chi connectivity index (χ0v) is 18.0. The Morgan fingerprint density at radius 1 is 0.906 bits per heavy atom. The number of carbonyl (C=O) groups excluding carboxylic acids is 1. The maximum absolute atomic E-state index is 13.4. The van der Waals surface area contributed by atoms with Crippen molar-refractivity contribution < 1.29 is 23.7 Å². The van der Waals surface area contributed by atoms with E-state index in [0.29, 0.717) is 37.9 Å². The number of nitrogens with zero attached hydrogens (tertiary/aromatic N) is 1. The van der Waals surface area contributed by atoms with Gasteiger partial charge in [0, 0.05) is 5.56 Å². The van der Waals surface area contributed by atoms with E-state index >= 15 is 0 Å². The molecule has 164 valence electrons. The maximum Gasteiger partial charge on any atom is 0.292 e. The Balaban J connectivity index is 1.38. The molecule has 1 fully saturated rings. The second kappa shape index (κ2) is 8.65. The van der Waals surface area contributed by atoms with E-state index in [0.717, 1.165) is 28.8 Å². The van der Waals surface area contributed by atoms with Crippen molar-refractivity contribution in [2.75, 3.05) is 25.2 Å². The molecule has 3 aromatic carbocycles. The van der Waals surface area contributed by atoms with Gasteiger partial charge in [0.15, 0.2) is 11.5 Å². The summed E-state index contributed by atoms with van der Waals surface area (Å²) in [7, 11) is 1.61. The van der Waals surface area contributed by atoms with Crippen LogP contribution >= 0.6 is 0 Å². The van der Waals surface area contributed by atoms with Crippen LogP contribution in [0, 0.1) is 0 Å². The van der Waals surface area contributed by atoms with E-state index in [1.54, 1.807) is 12.0 Å². The third-order valence-electron chi connectivity index (χ3n) is 5.78. The molecule has 6 nitrogen and oxygen atoms in total. The van der Waals surface area contributed by atoms with Crippen LogP contribution in [0.25, 0.3) is 0 Å². The molecule has 5 rings (SSSR count). The van der Waals surface area contributed by atoms with Crippen molar-refractivity contribution >= 4 is 11.6 Å². The standard InChI is InChI=1S/C26H25NO5/c1-29-24-16-20(12-13-23(24)30-18-19-8-3-2-4-9-19)17-27-22-11-6-5-10-21(22)26(25(27)28)31-14-7-15-32-26/h2-6,8-13,16H,7,14-15,17-18H2,1H3. The van der Waals surface area contributed by atoms with Crippen LogP contribution in [0.3, 0.4) is 0 Å². The molecule has 0 bridgehead atoms. The van der Waals surface area contributed by atoms with Gasteiger partial charge in [-0.05, 0) is 35.7 Å². The predicted molar refractivity (Wildman–Crippen MR) is 120 cm³/mol. The number of ether oxygens (including phenoxy) is 4. The first-order valence-corrected chi connectivity index (χ1v) is 10.7. The number of hydrogen-bond acceptors (Lipinski definition) is 5. The topological polar surface area (TPSA) is 57.2 Å². The number of anilines is 1. The molecule has 2 aliphatic heterocycles. The Bertz CT molecular complexity index is 1110. The number of carbonyl (C=O) groups is 1. The van der Waals surface area contributed by atoms with Gasteiger partial charge in [0.25, 0.3) is 11.7 Å². The van der Waals surface area contributed by atoms with Crippen molar-refractivity contribution in [3.8, 4) is 11.5 Å². The fraction of sp³-hybridized carbons (Fsp3) is 0.269. The Labute approximate surface area is 187 Å². The van der Waals surface area contributed by atoms with E-state index in [1.165, 1.54) is 0 Å². The summed E-state index contributed by atoms with van der Waals surface area (Å²) >= 11 is 0. The first kappa shape index (κ1) is 20.5. The van der Waals surface area contributed by atoms with E-state index in [-0.39, 0.29) is 5.91 Å². The van der Waals surface area contributed by atoms with Crippen LogP contribution in [0.5, 0.6) is 11.5 Å². The van der Waals surface area contributed by atoms with E-state index in [4.69, 9.17) is 18.9 Å². The lowest BCUT2D eigenvalue weighted by Gasteiger charge is -2.32. The molecule has 0 unspecified atom stereocenters. The molecular weight excluding hydrogens is 406 g/mol. The lowest BCUT2D eigenvalue weighted by Crippen LogP contribution is -2.47. The van der Waals surface area contributed by atoms with Crippen LogP contribution in [-0.4, -0.2) is 26.2 Å². The molecular formula is C26H25NO5. The first-order chi connectivity index (χ1) is 15.7. The van der Waals surface area contributed by atoms with Crippen LogP contribution in [0.15, 0.2) is 72.8 Å². The monoisotopic (exact) mass is 431 g/mol. The van der Waals surface area contributed by atoms with E-state index < -0.39 is 5.79 Å². The van der Waals surface area contributed by atoms with Gasteiger partial charge in [-0.1, -0.05) is 54.6 Å². The van der Waals surface area contributed by atoms with Gasteiger partial charge in [-0.2, -0.15) is 0 Å². The maximum atomic E-state index is 13.4. The number of rotatable bonds is 6. The molecule has 6 heteroatoms. The minimum Gasteiger partial charge on any atom is -0.493 e. The molecule has 0 radical (unpaired) electrons. The lowest BCUT2D eigenvalue weighted by atomic mass is 10.1. The second-order valence-electron chi connectivity index (χ2n) is 7.83. The van der Waals surface area contributed by atoms with Crippen LogP contribution < -0.4 is 14.4 Å². The minimum atomic E-state index is -1.34. The molecule has 0 saturated carbocycles. The van der Waals surface area contributed by atoms with Crippen molar-refractivity contribution in [3.05, 3.63) is 89.5 Å². The zero-order chi connectivity index (χ0) is 22.0. The van der Waals surface area contributed by atoms with Gasteiger partial charge in [-0.15, -0.1) is 0 Å². The Kier molecular flexibility index (Phi) is 5.55. The summed E-state index contributed by atoms with van der Waals surface area (Å²) in [5, 5.41) is 0. The van der Waals surface area contributed by atoms with E-state index in [1.807, 2.05) is 72.8 Å². The number of hydrogen-bond donors (Lipinski definition) is 0. The van der Waals surface area contributed by atoms with E-state index in [9.17, 15) is 4.79 Å². The van der Waals surface area contributed by atoms with Gasteiger partial charge >= 0.3 is 0 Å². The highest BCUT2D eigenvalue weighted by Crippen LogP contribution is 2.45. The molecule has 1 saturated heterocycles. The SMILES string of the molecule is COc1cc(CN2C(=O)C3(OCCCO3)c3ccccc32)ccc1OCc1ccccc1. The van der Waals surface area contributed by atoms with Crippen LogP contribution in [0.4, 0.5) is 5.69 Å². The fourth-order valence-electron chi connectivity index (χ4n) is 4.21. The van der Waals surface area contributed by atoms with Gasteiger partial charge in [0.2, 0.25) is 0 Å². The third kappa shape index (κ3) is 3.61. The van der Waals surface area contributed by atoms with Crippen molar-refractivity contribution in [3.63, 3.8) is 0 Å². The average molecular weight is 431 g/mol. The van der Waals surface area contributed by atoms with Crippen LogP contribution in [0.1, 0.15) is 23.1 Å². The van der Waals surface area contributed by atoms with Crippen LogP contribution in [-0.2, 0) is 33.2 Å². The molecule has 1 amide bonds. The highest BCUT2D eigenvalue weighted by Gasteiger charge is 2.54. The van der Waals surface area contributed by atoms with E-state index in [2.05, 4.69) is 0 Å². The Morgan fingerprint density at radius 3 is 2.44 bits per heavy atom. The summed E-state index contributed by atoms with van der Waals surface area (Å²) < 4.78 is 23.4. The molecule has 1 spiro atoms. The van der Waals surface area contributed by atoms with Crippen molar-refractivity contribution in [1.82, 2.24) is 0 Å². The molecule has 0 N–H and O–H groups in total. The largest absolute Gasteiger partial charge is 0.493 e. The summed E-state index contributed by atoms with van der Waals surface area (Å²) in [5.74, 6) is -0.249. The summed E-state index contributed by atoms with van der Waals surface area (Å²) in [5.41, 5.74) is 3.57. The summed E-state index contributed by atoms with van der Waals surface area (Å²) in [4.78, 5) is 15.2. The quantitative estimate of drug-likeness (QED) is 0.579. The summed E-state index contributed by atoms with van der Waals surface area (Å²) in [6.45, 7) is 1.82. The van der Waals surface area contributed by atoms with Gasteiger partial charge in [0.05, 0.1) is 32.6 Å². The smallest absolute Gasteiger partial charge is 0.292 e. The highest BCUT2D eigenvalue weighted by atomic mass is 16.7. The van der Waals surface area contributed by atoms with Gasteiger partial charge in [-0.3, -0.25) is 4.79 Å². The molecule has 3 aromatic rings. The third-order valence-corrected chi connectivity index (χ3v) is 5.78. The number of fused-ring (bicyclic) bond motifs is 2. The molecule has 2 aliphatic rings. The second-order valence-corrected chi connectivity index (χ2v) is 7.83. The Morgan fingerprint density at radius 2 is 1.66 bits per heavy atom. The molecule has 2 heterocycles. The number of methoxy groups -OCH3 is 1. The number of para-hydroxylation sites is 1.